The Morgan fingerprint density at radius 2 is 2.05 bits per heavy atom. The van der Waals surface area contributed by atoms with Crippen molar-refractivity contribution in [2.24, 2.45) is 0 Å². The van der Waals surface area contributed by atoms with Gasteiger partial charge in [-0.3, -0.25) is 0 Å². The molecule has 0 radical (unpaired) electrons. The highest BCUT2D eigenvalue weighted by atomic mass is 16.5. The van der Waals surface area contributed by atoms with Crippen LogP contribution < -0.4 is 10.1 Å². The van der Waals surface area contributed by atoms with Gasteiger partial charge in [0.15, 0.2) is 0 Å². The number of esters is 1. The number of fused-ring (bicyclic) bond motifs is 3. The van der Waals surface area contributed by atoms with Crippen LogP contribution in [0, 0.1) is 0 Å². The largest absolute Gasteiger partial charge is 0.497 e. The third-order valence-corrected chi connectivity index (χ3v) is 3.84. The first-order chi connectivity index (χ1) is 10.7. The van der Waals surface area contributed by atoms with Crippen molar-refractivity contribution >= 4 is 11.7 Å². The number of carbonyl (C=O) groups is 1. The Morgan fingerprint density at radius 3 is 2.82 bits per heavy atom. The molecule has 0 aromatic heterocycles. The van der Waals surface area contributed by atoms with Crippen molar-refractivity contribution in [3.05, 3.63) is 47.5 Å². The standard InChI is InChI=1S/C18H19NO3/c1-3-22-18(20)13-4-7-17-16(11-13)15-6-5-14(21-2)10-12(15)8-9-19-17/h4-7,10-11,19H,3,8-9H2,1-2H3. The average Bonchev–Trinajstić information content (AvgIpc) is 2.73. The smallest absolute Gasteiger partial charge is 0.338 e. The lowest BCUT2D eigenvalue weighted by molar-refractivity contribution is 0.0526. The average molecular weight is 297 g/mol. The molecule has 0 saturated heterocycles. The van der Waals surface area contributed by atoms with Crippen molar-refractivity contribution in [3.8, 4) is 16.9 Å². The lowest BCUT2D eigenvalue weighted by atomic mass is 9.96. The number of hydrogen-bond donors (Lipinski definition) is 1. The van der Waals surface area contributed by atoms with Crippen molar-refractivity contribution in [1.29, 1.82) is 0 Å². The Morgan fingerprint density at radius 1 is 1.18 bits per heavy atom. The van der Waals surface area contributed by atoms with Crippen LogP contribution in [0.3, 0.4) is 0 Å². The van der Waals surface area contributed by atoms with Crippen molar-refractivity contribution in [2.75, 3.05) is 25.6 Å². The van der Waals surface area contributed by atoms with Gasteiger partial charge in [0.1, 0.15) is 5.75 Å². The van der Waals surface area contributed by atoms with E-state index >= 15 is 0 Å². The van der Waals surface area contributed by atoms with E-state index in [2.05, 4.69) is 17.4 Å². The second-order valence-corrected chi connectivity index (χ2v) is 5.18. The Bertz CT molecular complexity index is 709. The zero-order valence-corrected chi connectivity index (χ0v) is 12.8. The summed E-state index contributed by atoms with van der Waals surface area (Å²) in [4.78, 5) is 12.0. The normalized spacial score (nSPS) is 12.5. The van der Waals surface area contributed by atoms with Gasteiger partial charge in [0.05, 0.1) is 19.3 Å². The fraction of sp³-hybridized carbons (Fsp3) is 0.278. The predicted octanol–water partition coefficient (Wildman–Crippen LogP) is 3.51. The number of carbonyl (C=O) groups excluding carboxylic acids is 1. The molecule has 4 nitrogen and oxygen atoms in total. The molecule has 0 spiro atoms. The molecule has 0 bridgehead atoms. The van der Waals surface area contributed by atoms with E-state index in [1.807, 2.05) is 25.1 Å². The van der Waals surface area contributed by atoms with Gasteiger partial charge in [-0.05, 0) is 54.8 Å². The maximum Gasteiger partial charge on any atom is 0.338 e. The van der Waals surface area contributed by atoms with Crippen LogP contribution in [0.2, 0.25) is 0 Å². The maximum absolute atomic E-state index is 12.0. The molecular formula is C18H19NO3. The van der Waals surface area contributed by atoms with E-state index in [1.165, 1.54) is 5.56 Å². The van der Waals surface area contributed by atoms with Crippen LogP contribution in [-0.2, 0) is 11.2 Å². The first-order valence-electron chi connectivity index (χ1n) is 7.45. The molecule has 0 fully saturated rings. The molecule has 0 saturated carbocycles. The molecule has 4 heteroatoms. The van der Waals surface area contributed by atoms with Gasteiger partial charge in [0.2, 0.25) is 0 Å². The fourth-order valence-electron chi connectivity index (χ4n) is 2.76. The lowest BCUT2D eigenvalue weighted by Crippen LogP contribution is -2.06. The third kappa shape index (κ3) is 2.64. The predicted molar refractivity (Wildman–Crippen MR) is 86.6 cm³/mol. The van der Waals surface area contributed by atoms with Gasteiger partial charge in [0, 0.05) is 17.8 Å². The number of ether oxygens (including phenoxy) is 2. The quantitative estimate of drug-likeness (QED) is 0.881. The van der Waals surface area contributed by atoms with E-state index in [4.69, 9.17) is 9.47 Å². The van der Waals surface area contributed by atoms with Gasteiger partial charge in [-0.15, -0.1) is 0 Å². The summed E-state index contributed by atoms with van der Waals surface area (Å²) < 4.78 is 10.4. The number of benzene rings is 2. The molecular weight excluding hydrogens is 278 g/mol. The molecule has 3 rings (SSSR count). The molecule has 114 valence electrons. The number of hydrogen-bond acceptors (Lipinski definition) is 4. The highest BCUT2D eigenvalue weighted by Gasteiger charge is 2.17. The van der Waals surface area contributed by atoms with Crippen LogP contribution in [0.4, 0.5) is 5.69 Å². The Kier molecular flexibility index (Phi) is 4.00. The summed E-state index contributed by atoms with van der Waals surface area (Å²) in [5.41, 5.74) is 4.99. The zero-order valence-electron chi connectivity index (χ0n) is 12.8. The van der Waals surface area contributed by atoms with Crippen LogP contribution in [0.15, 0.2) is 36.4 Å². The van der Waals surface area contributed by atoms with Crippen molar-refractivity contribution < 1.29 is 14.3 Å². The van der Waals surface area contributed by atoms with Crippen LogP contribution in [0.5, 0.6) is 5.75 Å². The monoisotopic (exact) mass is 297 g/mol. The molecule has 22 heavy (non-hydrogen) atoms. The second-order valence-electron chi connectivity index (χ2n) is 5.18. The molecule has 1 N–H and O–H groups in total. The summed E-state index contributed by atoms with van der Waals surface area (Å²) in [6.45, 7) is 3.04. The summed E-state index contributed by atoms with van der Waals surface area (Å²) in [5.74, 6) is 0.563. The minimum Gasteiger partial charge on any atom is -0.497 e. The van der Waals surface area contributed by atoms with Crippen molar-refractivity contribution in [2.45, 2.75) is 13.3 Å². The summed E-state index contributed by atoms with van der Waals surface area (Å²) in [6, 6.07) is 11.7. The first-order valence-corrected chi connectivity index (χ1v) is 7.45. The van der Waals surface area contributed by atoms with Crippen LogP contribution in [0.25, 0.3) is 11.1 Å². The Balaban J connectivity index is 2.09. The second kappa shape index (κ2) is 6.10. The van der Waals surface area contributed by atoms with Gasteiger partial charge in [-0.25, -0.2) is 4.79 Å². The lowest BCUT2D eigenvalue weighted by Gasteiger charge is -2.12. The van der Waals surface area contributed by atoms with Gasteiger partial charge in [-0.2, -0.15) is 0 Å². The molecule has 0 amide bonds. The van der Waals surface area contributed by atoms with E-state index in [0.29, 0.717) is 12.2 Å². The molecule has 1 heterocycles. The van der Waals surface area contributed by atoms with Crippen molar-refractivity contribution in [3.63, 3.8) is 0 Å². The number of rotatable bonds is 3. The van der Waals surface area contributed by atoms with E-state index < -0.39 is 0 Å². The van der Waals surface area contributed by atoms with Gasteiger partial charge in [0.25, 0.3) is 0 Å². The molecule has 1 aliphatic rings. The summed E-state index contributed by atoms with van der Waals surface area (Å²) in [6.07, 6.45) is 0.913. The van der Waals surface area contributed by atoms with E-state index in [9.17, 15) is 4.79 Å². The molecule has 2 aromatic carbocycles. The zero-order chi connectivity index (χ0) is 15.5. The van der Waals surface area contributed by atoms with Crippen LogP contribution >= 0.6 is 0 Å². The van der Waals surface area contributed by atoms with Crippen LogP contribution in [0.1, 0.15) is 22.8 Å². The highest BCUT2D eigenvalue weighted by molar-refractivity contribution is 5.94. The number of anilines is 1. The van der Waals surface area contributed by atoms with Gasteiger partial charge in [-0.1, -0.05) is 6.07 Å². The minimum atomic E-state index is -0.287. The van der Waals surface area contributed by atoms with E-state index in [0.717, 1.165) is 35.5 Å². The first kappa shape index (κ1) is 14.4. The SMILES string of the molecule is CCOC(=O)c1ccc2c(c1)-c1ccc(OC)cc1CCN2. The number of methoxy groups -OCH3 is 1. The van der Waals surface area contributed by atoms with E-state index in [1.54, 1.807) is 13.2 Å². The number of nitrogens with one attached hydrogen (secondary N) is 1. The van der Waals surface area contributed by atoms with Crippen molar-refractivity contribution in [1.82, 2.24) is 0 Å². The van der Waals surface area contributed by atoms with Gasteiger partial charge >= 0.3 is 5.97 Å². The Labute approximate surface area is 130 Å². The molecule has 2 aromatic rings. The van der Waals surface area contributed by atoms with E-state index in [-0.39, 0.29) is 5.97 Å². The van der Waals surface area contributed by atoms with Crippen LogP contribution in [-0.4, -0.2) is 26.2 Å². The Hall–Kier alpha value is -2.49. The fourth-order valence-corrected chi connectivity index (χ4v) is 2.76. The molecule has 0 aliphatic carbocycles. The summed E-state index contributed by atoms with van der Waals surface area (Å²) in [5, 5.41) is 3.41. The maximum atomic E-state index is 12.0. The summed E-state index contributed by atoms with van der Waals surface area (Å²) >= 11 is 0. The minimum absolute atomic E-state index is 0.287. The molecule has 1 aliphatic heterocycles. The highest BCUT2D eigenvalue weighted by Crippen LogP contribution is 2.36. The molecule has 0 unspecified atom stereocenters. The van der Waals surface area contributed by atoms with Gasteiger partial charge < -0.3 is 14.8 Å². The third-order valence-electron chi connectivity index (χ3n) is 3.84. The summed E-state index contributed by atoms with van der Waals surface area (Å²) in [7, 11) is 1.67. The topological polar surface area (TPSA) is 47.6 Å². The molecule has 0 atom stereocenters.